The quantitative estimate of drug-likeness (QED) is 0.787. The summed E-state index contributed by atoms with van der Waals surface area (Å²) in [7, 11) is 0. The van der Waals surface area contributed by atoms with Gasteiger partial charge in [0.15, 0.2) is 0 Å². The Bertz CT molecular complexity index is 845. The third-order valence-corrected chi connectivity index (χ3v) is 6.44. The lowest BCUT2D eigenvalue weighted by molar-refractivity contribution is 0.284. The number of aryl methyl sites for hydroxylation is 1. The molecule has 4 rings (SSSR count). The molecule has 1 fully saturated rings. The molecule has 1 aromatic carbocycles. The molecular formula is C23H29N. The smallest absolute Gasteiger partial charge is 0.0412 e. The minimum absolute atomic E-state index is 0.405. The molecule has 1 nitrogen and oxygen atoms in total. The highest BCUT2D eigenvalue weighted by Gasteiger charge is 2.46. The fourth-order valence-electron chi connectivity index (χ4n) is 5.28. The van der Waals surface area contributed by atoms with Gasteiger partial charge in [-0.05, 0) is 61.8 Å². The van der Waals surface area contributed by atoms with Crippen molar-refractivity contribution in [3.63, 3.8) is 0 Å². The average molecular weight is 319 g/mol. The SMILES string of the molecule is CC=c1[nH]c2c(c1=CC)C1(CCCCC1)CC2c1ccc(C)cc1. The van der Waals surface area contributed by atoms with Crippen LogP contribution in [0.2, 0.25) is 0 Å². The first-order chi connectivity index (χ1) is 11.7. The molecule has 1 atom stereocenters. The van der Waals surface area contributed by atoms with E-state index in [4.69, 9.17) is 0 Å². The highest BCUT2D eigenvalue weighted by Crippen LogP contribution is 2.53. The number of hydrogen-bond acceptors (Lipinski definition) is 0. The van der Waals surface area contributed by atoms with E-state index in [0.29, 0.717) is 11.3 Å². The van der Waals surface area contributed by atoms with Crippen molar-refractivity contribution >= 4 is 12.2 Å². The van der Waals surface area contributed by atoms with Crippen LogP contribution in [0.5, 0.6) is 0 Å². The summed E-state index contributed by atoms with van der Waals surface area (Å²) in [4.78, 5) is 3.81. The zero-order chi connectivity index (χ0) is 16.7. The zero-order valence-electron chi connectivity index (χ0n) is 15.3. The van der Waals surface area contributed by atoms with Crippen molar-refractivity contribution in [2.24, 2.45) is 0 Å². The lowest BCUT2D eigenvalue weighted by Crippen LogP contribution is -2.35. The third kappa shape index (κ3) is 2.29. The number of fused-ring (bicyclic) bond motifs is 2. The highest BCUT2D eigenvalue weighted by molar-refractivity contribution is 5.50. The van der Waals surface area contributed by atoms with Crippen LogP contribution in [0, 0.1) is 6.92 Å². The van der Waals surface area contributed by atoms with Gasteiger partial charge >= 0.3 is 0 Å². The molecule has 1 heterocycles. The van der Waals surface area contributed by atoms with E-state index in [2.05, 4.69) is 62.2 Å². The van der Waals surface area contributed by atoms with E-state index in [0.717, 1.165) is 0 Å². The van der Waals surface area contributed by atoms with Gasteiger partial charge in [0.2, 0.25) is 0 Å². The lowest BCUT2D eigenvalue weighted by atomic mass is 9.69. The predicted octanol–water partition coefficient (Wildman–Crippen LogP) is 4.66. The Morgan fingerprint density at radius 3 is 2.33 bits per heavy atom. The van der Waals surface area contributed by atoms with E-state index in [1.807, 2.05) is 0 Å². The molecule has 1 aromatic heterocycles. The molecule has 2 aliphatic rings. The summed E-state index contributed by atoms with van der Waals surface area (Å²) in [5, 5.41) is 2.80. The first-order valence-corrected chi connectivity index (χ1v) is 9.60. The Morgan fingerprint density at radius 1 is 1.00 bits per heavy atom. The van der Waals surface area contributed by atoms with E-state index in [9.17, 15) is 0 Å². The fraction of sp³-hybridized carbons (Fsp3) is 0.478. The van der Waals surface area contributed by atoms with Crippen molar-refractivity contribution in [2.75, 3.05) is 0 Å². The van der Waals surface area contributed by atoms with Crippen LogP contribution in [-0.4, -0.2) is 4.98 Å². The predicted molar refractivity (Wildman–Crippen MR) is 103 cm³/mol. The fourth-order valence-corrected chi connectivity index (χ4v) is 5.28. The molecule has 1 spiro atoms. The molecule has 126 valence electrons. The Hall–Kier alpha value is -1.76. The van der Waals surface area contributed by atoms with Gasteiger partial charge < -0.3 is 4.98 Å². The second kappa shape index (κ2) is 5.95. The maximum absolute atomic E-state index is 3.81. The second-order valence-corrected chi connectivity index (χ2v) is 7.83. The zero-order valence-corrected chi connectivity index (χ0v) is 15.3. The van der Waals surface area contributed by atoms with Crippen LogP contribution in [0.3, 0.4) is 0 Å². The molecule has 0 amide bonds. The number of benzene rings is 1. The second-order valence-electron chi connectivity index (χ2n) is 7.83. The summed E-state index contributed by atoms with van der Waals surface area (Å²) < 4.78 is 0. The Labute approximate surface area is 145 Å². The first-order valence-electron chi connectivity index (χ1n) is 9.60. The molecule has 1 saturated carbocycles. The van der Waals surface area contributed by atoms with E-state index in [1.165, 1.54) is 65.9 Å². The molecule has 0 saturated heterocycles. The molecular weight excluding hydrogens is 290 g/mol. The molecule has 2 aliphatic carbocycles. The van der Waals surface area contributed by atoms with Crippen molar-refractivity contribution in [1.29, 1.82) is 0 Å². The summed E-state index contributed by atoms with van der Waals surface area (Å²) in [6.07, 6.45) is 12.8. The normalized spacial score (nSPS) is 23.9. The first kappa shape index (κ1) is 15.7. The van der Waals surface area contributed by atoms with E-state index >= 15 is 0 Å². The summed E-state index contributed by atoms with van der Waals surface area (Å²) in [5.41, 5.74) is 6.39. The Morgan fingerprint density at radius 2 is 1.71 bits per heavy atom. The van der Waals surface area contributed by atoms with Crippen molar-refractivity contribution < 1.29 is 0 Å². The van der Waals surface area contributed by atoms with Crippen molar-refractivity contribution in [1.82, 2.24) is 4.98 Å². The van der Waals surface area contributed by atoms with Gasteiger partial charge in [-0.1, -0.05) is 61.2 Å². The van der Waals surface area contributed by atoms with E-state index < -0.39 is 0 Å². The van der Waals surface area contributed by atoms with Crippen LogP contribution < -0.4 is 10.6 Å². The van der Waals surface area contributed by atoms with E-state index in [-0.39, 0.29) is 0 Å². The van der Waals surface area contributed by atoms with Gasteiger partial charge in [-0.15, -0.1) is 0 Å². The Balaban J connectivity index is 1.93. The number of nitrogens with one attached hydrogen (secondary N) is 1. The lowest BCUT2D eigenvalue weighted by Gasteiger charge is -2.34. The van der Waals surface area contributed by atoms with Crippen molar-refractivity contribution in [2.45, 2.75) is 70.6 Å². The average Bonchev–Trinajstić information content (AvgIpc) is 3.13. The van der Waals surface area contributed by atoms with Crippen LogP contribution in [0.15, 0.2) is 24.3 Å². The molecule has 1 heteroatoms. The van der Waals surface area contributed by atoms with Gasteiger partial charge in [-0.3, -0.25) is 0 Å². The minimum atomic E-state index is 0.405. The molecule has 24 heavy (non-hydrogen) atoms. The van der Waals surface area contributed by atoms with Crippen molar-refractivity contribution in [3.8, 4) is 0 Å². The summed E-state index contributed by atoms with van der Waals surface area (Å²) in [5.74, 6) is 0.533. The summed E-state index contributed by atoms with van der Waals surface area (Å²) in [6.45, 7) is 6.53. The molecule has 2 aromatic rings. The van der Waals surface area contributed by atoms with Crippen LogP contribution in [0.1, 0.15) is 80.7 Å². The van der Waals surface area contributed by atoms with Crippen LogP contribution in [0.4, 0.5) is 0 Å². The maximum Gasteiger partial charge on any atom is 0.0412 e. The molecule has 0 aliphatic heterocycles. The van der Waals surface area contributed by atoms with Crippen LogP contribution >= 0.6 is 0 Å². The Kier molecular flexibility index (Phi) is 3.90. The molecule has 1 N–H and O–H groups in total. The number of hydrogen-bond donors (Lipinski definition) is 1. The monoisotopic (exact) mass is 319 g/mol. The number of aromatic amines is 1. The van der Waals surface area contributed by atoms with Gasteiger partial charge in [0.1, 0.15) is 0 Å². The number of aromatic nitrogens is 1. The largest absolute Gasteiger partial charge is 0.358 e. The highest BCUT2D eigenvalue weighted by atomic mass is 14.8. The maximum atomic E-state index is 3.81. The van der Waals surface area contributed by atoms with E-state index in [1.54, 1.807) is 5.56 Å². The van der Waals surface area contributed by atoms with Gasteiger partial charge in [0, 0.05) is 17.0 Å². The number of rotatable bonds is 1. The molecule has 0 bridgehead atoms. The van der Waals surface area contributed by atoms with Crippen LogP contribution in [-0.2, 0) is 5.41 Å². The van der Waals surface area contributed by atoms with Gasteiger partial charge in [0.25, 0.3) is 0 Å². The van der Waals surface area contributed by atoms with Crippen LogP contribution in [0.25, 0.3) is 12.2 Å². The third-order valence-electron chi connectivity index (χ3n) is 6.44. The standard InChI is InChI=1S/C23H29N/c1-4-18-20(5-2)24-22-19(17-11-9-16(3)10-12-17)15-23(21(18)22)13-7-6-8-14-23/h4-5,9-12,19,24H,6-8,13-15H2,1-3H3. The topological polar surface area (TPSA) is 15.8 Å². The summed E-state index contributed by atoms with van der Waals surface area (Å²) in [6, 6.07) is 9.22. The molecule has 1 unspecified atom stereocenters. The summed E-state index contributed by atoms with van der Waals surface area (Å²) >= 11 is 0. The van der Waals surface area contributed by atoms with Gasteiger partial charge in [-0.2, -0.15) is 0 Å². The van der Waals surface area contributed by atoms with Gasteiger partial charge in [-0.25, -0.2) is 0 Å². The number of H-pyrrole nitrogens is 1. The van der Waals surface area contributed by atoms with Gasteiger partial charge in [0.05, 0.1) is 0 Å². The van der Waals surface area contributed by atoms with Crippen molar-refractivity contribution in [3.05, 3.63) is 57.2 Å². The molecule has 0 radical (unpaired) electrons. The minimum Gasteiger partial charge on any atom is -0.358 e.